The topological polar surface area (TPSA) is 25.2 Å². The fourth-order valence-corrected chi connectivity index (χ4v) is 2.39. The molecule has 1 N–H and O–H groups in total. The van der Waals surface area contributed by atoms with Gasteiger partial charge in [0.1, 0.15) is 5.76 Å². The molecule has 0 saturated heterocycles. The molecule has 1 aromatic carbocycles. The summed E-state index contributed by atoms with van der Waals surface area (Å²) in [5.74, 6) is 1.05. The van der Waals surface area contributed by atoms with Gasteiger partial charge in [-0.15, -0.1) is 0 Å². The largest absolute Gasteiger partial charge is 0.469 e. The van der Waals surface area contributed by atoms with E-state index in [4.69, 9.17) is 16.0 Å². The van der Waals surface area contributed by atoms with E-state index in [9.17, 15) is 0 Å². The van der Waals surface area contributed by atoms with E-state index >= 15 is 0 Å². The first kappa shape index (κ1) is 14.2. The molecule has 2 atom stereocenters. The Hall–Kier alpha value is -1.25. The Bertz CT molecular complexity index is 495. The molecule has 102 valence electrons. The van der Waals surface area contributed by atoms with Gasteiger partial charge in [-0.2, -0.15) is 0 Å². The maximum atomic E-state index is 6.01. The summed E-state index contributed by atoms with van der Waals surface area (Å²) in [6.45, 7) is 4.36. The third-order valence-electron chi connectivity index (χ3n) is 3.29. The Morgan fingerprint density at radius 3 is 2.74 bits per heavy atom. The van der Waals surface area contributed by atoms with E-state index in [0.29, 0.717) is 12.1 Å². The van der Waals surface area contributed by atoms with Crippen LogP contribution in [0.4, 0.5) is 0 Å². The van der Waals surface area contributed by atoms with Crippen LogP contribution in [0.15, 0.2) is 47.1 Å². The van der Waals surface area contributed by atoms with Crippen molar-refractivity contribution in [2.45, 2.75) is 38.8 Å². The van der Waals surface area contributed by atoms with Crippen LogP contribution in [0.2, 0.25) is 5.02 Å². The van der Waals surface area contributed by atoms with Gasteiger partial charge in [0, 0.05) is 23.5 Å². The fraction of sp³-hybridized carbons (Fsp3) is 0.375. The molecule has 1 aromatic heterocycles. The molecule has 2 rings (SSSR count). The average Bonchev–Trinajstić information content (AvgIpc) is 2.89. The quantitative estimate of drug-likeness (QED) is 0.834. The average molecular weight is 278 g/mol. The summed E-state index contributed by atoms with van der Waals surface area (Å²) in [7, 11) is 0. The van der Waals surface area contributed by atoms with Gasteiger partial charge >= 0.3 is 0 Å². The second-order valence-corrected chi connectivity index (χ2v) is 5.40. The van der Waals surface area contributed by atoms with Crippen molar-refractivity contribution < 1.29 is 4.42 Å². The molecular weight excluding hydrogens is 258 g/mol. The summed E-state index contributed by atoms with van der Waals surface area (Å²) in [4.78, 5) is 0. The minimum atomic E-state index is 0.297. The molecule has 2 aromatic rings. The van der Waals surface area contributed by atoms with Crippen molar-refractivity contribution in [3.05, 3.63) is 59.0 Å². The van der Waals surface area contributed by atoms with Crippen LogP contribution in [0.5, 0.6) is 0 Å². The summed E-state index contributed by atoms with van der Waals surface area (Å²) >= 11 is 6.01. The summed E-state index contributed by atoms with van der Waals surface area (Å²) < 4.78 is 5.34. The predicted molar refractivity (Wildman–Crippen MR) is 79.5 cm³/mol. The minimum Gasteiger partial charge on any atom is -0.469 e. The highest BCUT2D eigenvalue weighted by Gasteiger charge is 2.10. The third kappa shape index (κ3) is 4.41. The van der Waals surface area contributed by atoms with Crippen LogP contribution in [0.1, 0.15) is 37.6 Å². The number of hydrogen-bond donors (Lipinski definition) is 1. The van der Waals surface area contributed by atoms with Crippen molar-refractivity contribution in [1.29, 1.82) is 0 Å². The van der Waals surface area contributed by atoms with Crippen LogP contribution in [0.25, 0.3) is 0 Å². The van der Waals surface area contributed by atoms with E-state index in [0.717, 1.165) is 23.6 Å². The first-order valence-electron chi connectivity index (χ1n) is 6.69. The van der Waals surface area contributed by atoms with E-state index in [1.54, 1.807) is 6.26 Å². The predicted octanol–water partition coefficient (Wildman–Crippen LogP) is 4.60. The number of furan rings is 1. The lowest BCUT2D eigenvalue weighted by Gasteiger charge is -2.20. The Morgan fingerprint density at radius 2 is 2.05 bits per heavy atom. The number of nitrogens with one attached hydrogen (secondary N) is 1. The van der Waals surface area contributed by atoms with Crippen LogP contribution in [-0.2, 0) is 6.42 Å². The van der Waals surface area contributed by atoms with E-state index in [1.807, 2.05) is 30.3 Å². The molecule has 0 spiro atoms. The Kier molecular flexibility index (Phi) is 5.06. The summed E-state index contributed by atoms with van der Waals surface area (Å²) in [5.41, 5.74) is 1.22. The lowest BCUT2D eigenvalue weighted by atomic mass is 10.1. The molecule has 0 bridgehead atoms. The molecule has 1 heterocycles. The molecule has 3 heteroatoms. The fourth-order valence-electron chi connectivity index (χ4n) is 2.20. The normalized spacial score (nSPS) is 14.3. The molecule has 1 unspecified atom stereocenters. The molecular formula is C16H20ClNO. The van der Waals surface area contributed by atoms with Gasteiger partial charge in [0.25, 0.3) is 0 Å². The summed E-state index contributed by atoms with van der Waals surface area (Å²) in [6, 6.07) is 12.7. The Balaban J connectivity index is 1.83. The number of benzene rings is 1. The molecule has 2 nitrogen and oxygen atoms in total. The maximum Gasteiger partial charge on any atom is 0.103 e. The van der Waals surface area contributed by atoms with Gasteiger partial charge in [0.15, 0.2) is 0 Å². The van der Waals surface area contributed by atoms with Gasteiger partial charge in [-0.1, -0.05) is 23.7 Å². The standard InChI is InChI=1S/C16H20ClNO/c1-12(8-9-16-7-4-10-19-16)18-13(2)14-5-3-6-15(17)11-14/h3-7,10-13,18H,8-9H2,1-2H3/t12?,13-/m1/s1. The third-order valence-corrected chi connectivity index (χ3v) is 3.52. The zero-order valence-corrected chi connectivity index (χ0v) is 12.2. The maximum absolute atomic E-state index is 6.01. The monoisotopic (exact) mass is 277 g/mol. The summed E-state index contributed by atoms with van der Waals surface area (Å²) in [6.07, 6.45) is 3.74. The molecule has 0 amide bonds. The highest BCUT2D eigenvalue weighted by Crippen LogP contribution is 2.18. The molecule has 0 radical (unpaired) electrons. The molecule has 19 heavy (non-hydrogen) atoms. The van der Waals surface area contributed by atoms with Crippen LogP contribution in [-0.4, -0.2) is 6.04 Å². The van der Waals surface area contributed by atoms with Crippen LogP contribution in [0.3, 0.4) is 0 Å². The Labute approximate surface area is 119 Å². The second kappa shape index (κ2) is 6.78. The van der Waals surface area contributed by atoms with Crippen LogP contribution >= 0.6 is 11.6 Å². The van der Waals surface area contributed by atoms with Crippen molar-refractivity contribution in [2.24, 2.45) is 0 Å². The smallest absolute Gasteiger partial charge is 0.103 e. The van der Waals surface area contributed by atoms with Gasteiger partial charge in [0.2, 0.25) is 0 Å². The van der Waals surface area contributed by atoms with Crippen molar-refractivity contribution in [3.8, 4) is 0 Å². The summed E-state index contributed by atoms with van der Waals surface area (Å²) in [5, 5.41) is 4.37. The van der Waals surface area contributed by atoms with Gasteiger partial charge in [-0.05, 0) is 50.1 Å². The van der Waals surface area contributed by atoms with E-state index in [1.165, 1.54) is 5.56 Å². The van der Waals surface area contributed by atoms with E-state index in [-0.39, 0.29) is 0 Å². The van der Waals surface area contributed by atoms with Gasteiger partial charge < -0.3 is 9.73 Å². The van der Waals surface area contributed by atoms with E-state index < -0.39 is 0 Å². The number of hydrogen-bond acceptors (Lipinski definition) is 2. The number of rotatable bonds is 6. The van der Waals surface area contributed by atoms with Crippen molar-refractivity contribution in [3.63, 3.8) is 0 Å². The second-order valence-electron chi connectivity index (χ2n) is 4.96. The van der Waals surface area contributed by atoms with E-state index in [2.05, 4.69) is 25.2 Å². The van der Waals surface area contributed by atoms with Crippen molar-refractivity contribution in [1.82, 2.24) is 5.32 Å². The SMILES string of the molecule is CC(CCc1ccco1)N[C@H](C)c1cccc(Cl)c1. The number of halogens is 1. The molecule has 0 aliphatic carbocycles. The zero-order chi connectivity index (χ0) is 13.7. The van der Waals surface area contributed by atoms with Gasteiger partial charge in [0.05, 0.1) is 6.26 Å². The van der Waals surface area contributed by atoms with Gasteiger partial charge in [-0.25, -0.2) is 0 Å². The lowest BCUT2D eigenvalue weighted by Crippen LogP contribution is -2.29. The first-order chi connectivity index (χ1) is 9.15. The molecule has 0 saturated carbocycles. The Morgan fingerprint density at radius 1 is 1.21 bits per heavy atom. The van der Waals surface area contributed by atoms with Gasteiger partial charge in [-0.3, -0.25) is 0 Å². The van der Waals surface area contributed by atoms with Crippen LogP contribution < -0.4 is 5.32 Å². The molecule has 0 fully saturated rings. The highest BCUT2D eigenvalue weighted by molar-refractivity contribution is 6.30. The lowest BCUT2D eigenvalue weighted by molar-refractivity contribution is 0.430. The first-order valence-corrected chi connectivity index (χ1v) is 7.07. The highest BCUT2D eigenvalue weighted by atomic mass is 35.5. The van der Waals surface area contributed by atoms with Crippen LogP contribution in [0, 0.1) is 0 Å². The van der Waals surface area contributed by atoms with Crippen molar-refractivity contribution >= 4 is 11.6 Å². The molecule has 0 aliphatic heterocycles. The zero-order valence-electron chi connectivity index (χ0n) is 11.4. The number of aryl methyl sites for hydroxylation is 1. The minimum absolute atomic E-state index is 0.297. The van der Waals surface area contributed by atoms with Crippen molar-refractivity contribution in [2.75, 3.05) is 0 Å². The molecule has 0 aliphatic rings.